The minimum Gasteiger partial charge on any atom is -0.486 e. The number of fused-ring (bicyclic) bond motifs is 2. The topological polar surface area (TPSA) is 82.1 Å². The van der Waals surface area contributed by atoms with E-state index >= 15 is 0 Å². The molecule has 0 saturated carbocycles. The maximum atomic E-state index is 12.8. The highest BCUT2D eigenvalue weighted by Crippen LogP contribution is 2.38. The number of carbonyl (C=O) groups excluding carboxylic acids is 3. The zero-order valence-electron chi connectivity index (χ0n) is 16.6. The number of hydrogen-bond acceptors (Lipinski definition) is 6. The number of halogens is 1. The van der Waals surface area contributed by atoms with Crippen molar-refractivity contribution in [3.05, 3.63) is 52.0 Å². The molecule has 2 aromatic rings. The molecule has 0 N–H and O–H groups in total. The Hall–Kier alpha value is -3.06. The summed E-state index contributed by atoms with van der Waals surface area (Å²) in [5.74, 6) is -0.280. The first-order chi connectivity index (χ1) is 14.3. The average Bonchev–Trinajstić information content (AvgIpc) is 3.16. The second-order valence-corrected chi connectivity index (χ2v) is 7.57. The van der Waals surface area contributed by atoms with Crippen molar-refractivity contribution < 1.29 is 28.6 Å². The Kier molecular flexibility index (Phi) is 5.39. The van der Waals surface area contributed by atoms with Crippen LogP contribution in [-0.2, 0) is 16.0 Å². The van der Waals surface area contributed by atoms with Crippen LogP contribution in [0.3, 0.4) is 0 Å². The molecule has 2 heterocycles. The molecule has 1 amide bonds. The second-order valence-electron chi connectivity index (χ2n) is 7.16. The Balaban J connectivity index is 1.48. The molecule has 0 saturated heterocycles. The van der Waals surface area contributed by atoms with E-state index in [0.29, 0.717) is 43.2 Å². The lowest BCUT2D eigenvalue weighted by Gasteiger charge is -2.20. The fourth-order valence-corrected chi connectivity index (χ4v) is 3.89. The van der Waals surface area contributed by atoms with E-state index < -0.39 is 12.1 Å². The first-order valence-electron chi connectivity index (χ1n) is 9.60. The number of carbonyl (C=O) groups is 3. The highest BCUT2D eigenvalue weighted by Gasteiger charge is 2.27. The van der Waals surface area contributed by atoms with Crippen molar-refractivity contribution in [1.82, 2.24) is 0 Å². The lowest BCUT2D eigenvalue weighted by atomic mass is 10.0. The summed E-state index contributed by atoms with van der Waals surface area (Å²) in [6.45, 7) is 4.37. The van der Waals surface area contributed by atoms with Crippen LogP contribution in [0.25, 0.3) is 0 Å². The fraction of sp³-hybridized carbons (Fsp3) is 0.318. The zero-order chi connectivity index (χ0) is 21.4. The van der Waals surface area contributed by atoms with Gasteiger partial charge in [0.25, 0.3) is 0 Å². The van der Waals surface area contributed by atoms with Crippen LogP contribution < -0.4 is 14.4 Å². The van der Waals surface area contributed by atoms with Gasteiger partial charge in [0, 0.05) is 24.7 Å². The number of esters is 1. The molecule has 0 bridgehead atoms. The molecule has 0 spiro atoms. The van der Waals surface area contributed by atoms with Gasteiger partial charge in [-0.3, -0.25) is 9.59 Å². The third kappa shape index (κ3) is 3.73. The maximum absolute atomic E-state index is 12.8. The SMILES string of the molecule is CC(=O)N1CCc2cc(C(=O)[C@H](C)OC(=O)c3cc(Cl)c4c(c3)OCCO4)ccc21. The number of hydrogen-bond donors (Lipinski definition) is 0. The monoisotopic (exact) mass is 429 g/mol. The van der Waals surface area contributed by atoms with Crippen LogP contribution >= 0.6 is 11.6 Å². The van der Waals surface area contributed by atoms with Gasteiger partial charge in [-0.25, -0.2) is 4.79 Å². The van der Waals surface area contributed by atoms with Gasteiger partial charge >= 0.3 is 5.97 Å². The van der Waals surface area contributed by atoms with Gasteiger partial charge in [0.05, 0.1) is 10.6 Å². The van der Waals surface area contributed by atoms with Crippen molar-refractivity contribution in [3.63, 3.8) is 0 Å². The predicted molar refractivity (Wildman–Crippen MR) is 110 cm³/mol. The molecule has 0 aromatic heterocycles. The van der Waals surface area contributed by atoms with Crippen LogP contribution in [0.15, 0.2) is 30.3 Å². The molecule has 2 aliphatic rings. The summed E-state index contributed by atoms with van der Waals surface area (Å²) in [5.41, 5.74) is 2.34. The first-order valence-corrected chi connectivity index (χ1v) is 9.98. The summed E-state index contributed by atoms with van der Waals surface area (Å²) < 4.78 is 16.3. The van der Waals surface area contributed by atoms with Crippen molar-refractivity contribution >= 4 is 34.9 Å². The Morgan fingerprint density at radius 3 is 2.63 bits per heavy atom. The van der Waals surface area contributed by atoms with E-state index in [4.69, 9.17) is 25.8 Å². The lowest BCUT2D eigenvalue weighted by Crippen LogP contribution is -2.26. The van der Waals surface area contributed by atoms with Crippen LogP contribution in [0, 0.1) is 0 Å². The number of rotatable bonds is 4. The van der Waals surface area contributed by atoms with E-state index in [0.717, 1.165) is 11.3 Å². The summed E-state index contributed by atoms with van der Waals surface area (Å²) >= 11 is 6.17. The predicted octanol–water partition coefficient (Wildman–Crippen LogP) is 3.45. The third-order valence-corrected chi connectivity index (χ3v) is 5.41. The number of ketones is 1. The molecule has 0 aliphatic carbocycles. The van der Waals surface area contributed by atoms with E-state index in [2.05, 4.69) is 0 Å². The number of benzene rings is 2. The first kappa shape index (κ1) is 20.2. The van der Waals surface area contributed by atoms with Crippen molar-refractivity contribution in [2.45, 2.75) is 26.4 Å². The Morgan fingerprint density at radius 1 is 1.10 bits per heavy atom. The van der Waals surface area contributed by atoms with Crippen LogP contribution in [0.1, 0.15) is 40.1 Å². The van der Waals surface area contributed by atoms with Crippen LogP contribution in [0.4, 0.5) is 5.69 Å². The lowest BCUT2D eigenvalue weighted by molar-refractivity contribution is -0.116. The largest absolute Gasteiger partial charge is 0.486 e. The van der Waals surface area contributed by atoms with Crippen LogP contribution in [0.5, 0.6) is 11.5 Å². The highest BCUT2D eigenvalue weighted by molar-refractivity contribution is 6.32. The molecule has 0 fully saturated rings. The minimum atomic E-state index is -0.993. The van der Waals surface area contributed by atoms with Crippen molar-refractivity contribution in [2.24, 2.45) is 0 Å². The summed E-state index contributed by atoms with van der Waals surface area (Å²) in [5, 5.41) is 0.242. The molecule has 2 aliphatic heterocycles. The fourth-order valence-electron chi connectivity index (χ4n) is 3.63. The summed E-state index contributed by atoms with van der Waals surface area (Å²) in [6, 6.07) is 8.08. The van der Waals surface area contributed by atoms with Gasteiger partial charge in [0.15, 0.2) is 17.6 Å². The third-order valence-electron chi connectivity index (χ3n) is 5.13. The van der Waals surface area contributed by atoms with Gasteiger partial charge in [-0.15, -0.1) is 0 Å². The van der Waals surface area contributed by atoms with Crippen LogP contribution in [0.2, 0.25) is 5.02 Å². The normalized spacial score (nSPS) is 15.4. The molecular weight excluding hydrogens is 410 g/mol. The van der Waals surface area contributed by atoms with E-state index in [9.17, 15) is 14.4 Å². The molecule has 0 radical (unpaired) electrons. The quantitative estimate of drug-likeness (QED) is 0.547. The van der Waals surface area contributed by atoms with E-state index in [1.54, 1.807) is 23.1 Å². The molecule has 1 atom stereocenters. The Labute approximate surface area is 178 Å². The molecule has 156 valence electrons. The number of amides is 1. The number of anilines is 1. The zero-order valence-corrected chi connectivity index (χ0v) is 17.3. The average molecular weight is 430 g/mol. The van der Waals surface area contributed by atoms with Crippen molar-refractivity contribution in [2.75, 3.05) is 24.7 Å². The summed E-state index contributed by atoms with van der Waals surface area (Å²) in [6.07, 6.45) is -0.312. The molecule has 30 heavy (non-hydrogen) atoms. The second kappa shape index (κ2) is 7.99. The highest BCUT2D eigenvalue weighted by atomic mass is 35.5. The molecule has 7 nitrogen and oxygen atoms in total. The summed E-state index contributed by atoms with van der Waals surface area (Å²) in [7, 11) is 0. The maximum Gasteiger partial charge on any atom is 0.339 e. The molecule has 4 rings (SSSR count). The van der Waals surface area contributed by atoms with Gasteiger partial charge in [0.1, 0.15) is 13.2 Å². The summed E-state index contributed by atoms with van der Waals surface area (Å²) in [4.78, 5) is 38.7. The van der Waals surface area contributed by atoms with Crippen molar-refractivity contribution in [1.29, 1.82) is 0 Å². The van der Waals surface area contributed by atoms with Crippen molar-refractivity contribution in [3.8, 4) is 11.5 Å². The molecule has 2 aromatic carbocycles. The minimum absolute atomic E-state index is 0.0341. The van der Waals surface area contributed by atoms with E-state index in [1.165, 1.54) is 26.0 Å². The number of Topliss-reactive ketones (excluding diaryl/α,β-unsaturated/α-hetero) is 1. The van der Waals surface area contributed by atoms with Gasteiger partial charge in [-0.1, -0.05) is 11.6 Å². The number of ether oxygens (including phenoxy) is 3. The van der Waals surface area contributed by atoms with Gasteiger partial charge in [-0.2, -0.15) is 0 Å². The van der Waals surface area contributed by atoms with E-state index in [-0.39, 0.29) is 22.3 Å². The molecule has 0 unspecified atom stereocenters. The van der Waals surface area contributed by atoms with E-state index in [1.807, 2.05) is 0 Å². The number of nitrogens with zero attached hydrogens (tertiary/aromatic N) is 1. The van der Waals surface area contributed by atoms with Gasteiger partial charge in [0.2, 0.25) is 11.7 Å². The van der Waals surface area contributed by atoms with Crippen LogP contribution in [-0.4, -0.2) is 43.5 Å². The molecule has 8 heteroatoms. The Bertz CT molecular complexity index is 1050. The standard InChI is InChI=1S/C22H20ClNO6/c1-12(20(26)15-3-4-18-14(9-15)5-6-24(18)13(2)25)30-22(27)16-10-17(23)21-19(11-16)28-7-8-29-21/h3-4,9-12H,5-8H2,1-2H3/t12-/m0/s1. The van der Waals surface area contributed by atoms with Gasteiger partial charge in [-0.05, 0) is 49.2 Å². The van der Waals surface area contributed by atoms with Gasteiger partial charge < -0.3 is 19.1 Å². The molecular formula is C22H20ClNO6. The smallest absolute Gasteiger partial charge is 0.339 e. The Morgan fingerprint density at radius 2 is 1.87 bits per heavy atom.